The summed E-state index contributed by atoms with van der Waals surface area (Å²) in [6.45, 7) is 1.60. The number of amides is 1. The largest absolute Gasteiger partial charge is 0.346 e. The minimum Gasteiger partial charge on any atom is -0.346 e. The van der Waals surface area contributed by atoms with E-state index in [1.165, 1.54) is 19.2 Å². The second-order valence-corrected chi connectivity index (χ2v) is 7.92. The van der Waals surface area contributed by atoms with Gasteiger partial charge in [0, 0.05) is 12.6 Å². The van der Waals surface area contributed by atoms with Crippen molar-refractivity contribution in [3.63, 3.8) is 0 Å². The fourth-order valence-electron chi connectivity index (χ4n) is 4.14. The molecule has 2 aromatic carbocycles. The molecule has 1 saturated carbocycles. The van der Waals surface area contributed by atoms with Crippen LogP contribution in [0.2, 0.25) is 0 Å². The summed E-state index contributed by atoms with van der Waals surface area (Å²) in [5.74, 6) is -3.52. The van der Waals surface area contributed by atoms with E-state index in [1.807, 2.05) is 12.1 Å². The van der Waals surface area contributed by atoms with Gasteiger partial charge in [-0.3, -0.25) is 15.1 Å². The molecule has 0 bridgehead atoms. The Labute approximate surface area is 167 Å². The van der Waals surface area contributed by atoms with Crippen LogP contribution in [0, 0.1) is 28.4 Å². The van der Waals surface area contributed by atoms with Crippen molar-refractivity contribution in [2.45, 2.75) is 36.6 Å². The molecule has 2 aliphatic rings. The van der Waals surface area contributed by atoms with Crippen LogP contribution in [0.25, 0.3) is 0 Å². The summed E-state index contributed by atoms with van der Waals surface area (Å²) in [6.07, 6.45) is 1.61. The molecule has 1 aliphatic carbocycles. The van der Waals surface area contributed by atoms with Gasteiger partial charge in [-0.25, -0.2) is 8.78 Å². The van der Waals surface area contributed by atoms with E-state index in [2.05, 4.69) is 11.4 Å². The van der Waals surface area contributed by atoms with Gasteiger partial charge >= 0.3 is 0 Å². The van der Waals surface area contributed by atoms with E-state index >= 15 is 0 Å². The highest BCUT2D eigenvalue weighted by Gasteiger charge is 2.50. The Morgan fingerprint density at radius 1 is 1.21 bits per heavy atom. The fraction of sp³-hybridized carbons (Fsp3) is 0.318. The second kappa shape index (κ2) is 6.38. The molecular formula is C22H20F2N4O. The van der Waals surface area contributed by atoms with Crippen LogP contribution in [0.1, 0.15) is 42.4 Å². The maximum Gasteiger partial charge on any atom is 0.239 e. The van der Waals surface area contributed by atoms with E-state index in [1.54, 1.807) is 19.1 Å². The predicted octanol–water partition coefficient (Wildman–Crippen LogP) is 3.52. The summed E-state index contributed by atoms with van der Waals surface area (Å²) < 4.78 is 28.7. The zero-order valence-corrected chi connectivity index (χ0v) is 16.1. The zero-order chi connectivity index (χ0) is 21.0. The number of carbonyl (C=O) groups is 1. The van der Waals surface area contributed by atoms with E-state index in [0.29, 0.717) is 5.56 Å². The Morgan fingerprint density at radius 3 is 2.45 bits per heavy atom. The van der Waals surface area contributed by atoms with E-state index in [9.17, 15) is 18.8 Å². The number of guanidine groups is 1. The number of nitriles is 1. The predicted molar refractivity (Wildman–Crippen MR) is 103 cm³/mol. The van der Waals surface area contributed by atoms with Gasteiger partial charge < -0.3 is 5.32 Å². The van der Waals surface area contributed by atoms with Gasteiger partial charge in [0.2, 0.25) is 5.91 Å². The van der Waals surface area contributed by atoms with Crippen molar-refractivity contribution in [2.24, 2.45) is 0 Å². The van der Waals surface area contributed by atoms with Crippen molar-refractivity contribution < 1.29 is 13.6 Å². The Balaban J connectivity index is 1.83. The van der Waals surface area contributed by atoms with Gasteiger partial charge in [0.25, 0.3) is 0 Å². The number of halogens is 2. The number of benzene rings is 2. The van der Waals surface area contributed by atoms with Gasteiger partial charge in [-0.1, -0.05) is 36.4 Å². The molecular weight excluding hydrogens is 374 g/mol. The van der Waals surface area contributed by atoms with Crippen LogP contribution in [-0.2, 0) is 15.7 Å². The number of hydrogen-bond donors (Lipinski definition) is 2. The van der Waals surface area contributed by atoms with Crippen molar-refractivity contribution in [3.05, 3.63) is 70.8 Å². The smallest absolute Gasteiger partial charge is 0.239 e. The van der Waals surface area contributed by atoms with Crippen molar-refractivity contribution in [2.75, 3.05) is 7.05 Å². The number of hydrogen-bond acceptors (Lipinski definition) is 3. The quantitative estimate of drug-likeness (QED) is 0.836. The van der Waals surface area contributed by atoms with Crippen molar-refractivity contribution in [1.82, 2.24) is 10.2 Å². The summed E-state index contributed by atoms with van der Waals surface area (Å²) in [6, 6.07) is 13.3. The van der Waals surface area contributed by atoms with Crippen LogP contribution in [-0.4, -0.2) is 23.8 Å². The summed E-state index contributed by atoms with van der Waals surface area (Å²) in [7, 11) is 1.47. The first-order valence-corrected chi connectivity index (χ1v) is 9.34. The lowest BCUT2D eigenvalue weighted by Crippen LogP contribution is -2.62. The van der Waals surface area contributed by atoms with E-state index in [4.69, 9.17) is 5.41 Å². The standard InChI is InChI=1S/C22H20F2N4O/c1-21(15-4-3-5-16(23)18(15)24)17(19(29)28(2)20(26)27-21)13-6-8-14(9-7-13)22(12-25)10-11-22/h3-9,17H,10-11H2,1-2H3,(H2,26,27)/t17-,21-/m1/s1. The number of carbonyl (C=O) groups excluding carboxylic acids is 1. The molecule has 148 valence electrons. The molecule has 1 aliphatic heterocycles. The van der Waals surface area contributed by atoms with E-state index in [0.717, 1.165) is 29.4 Å². The average Bonchev–Trinajstić information content (AvgIpc) is 3.50. The molecule has 2 N–H and O–H groups in total. The van der Waals surface area contributed by atoms with Crippen molar-refractivity contribution >= 4 is 11.9 Å². The van der Waals surface area contributed by atoms with Gasteiger partial charge in [0.15, 0.2) is 17.6 Å². The Hall–Kier alpha value is -3.27. The van der Waals surface area contributed by atoms with Gasteiger partial charge in [-0.15, -0.1) is 0 Å². The van der Waals surface area contributed by atoms with Gasteiger partial charge in [0.1, 0.15) is 0 Å². The fourth-order valence-corrected chi connectivity index (χ4v) is 4.14. The highest BCUT2D eigenvalue weighted by molar-refractivity contribution is 6.02. The zero-order valence-electron chi connectivity index (χ0n) is 16.1. The molecule has 29 heavy (non-hydrogen) atoms. The lowest BCUT2D eigenvalue weighted by atomic mass is 9.73. The minimum atomic E-state index is -1.36. The van der Waals surface area contributed by atoms with Crippen LogP contribution in [0.3, 0.4) is 0 Å². The van der Waals surface area contributed by atoms with Crippen molar-refractivity contribution in [3.8, 4) is 6.07 Å². The summed E-state index contributed by atoms with van der Waals surface area (Å²) in [5.41, 5.74) is -0.343. The Morgan fingerprint density at radius 2 is 1.86 bits per heavy atom. The first-order chi connectivity index (χ1) is 13.7. The molecule has 1 heterocycles. The molecule has 0 radical (unpaired) electrons. The third kappa shape index (κ3) is 2.79. The SMILES string of the molecule is CN1C(=N)N[C@](C)(c2cccc(F)c2F)[C@H](c2ccc(C3(C#N)CC3)cc2)C1=O. The molecule has 0 unspecified atom stereocenters. The normalized spacial score (nSPS) is 25.3. The van der Waals surface area contributed by atoms with Crippen LogP contribution >= 0.6 is 0 Å². The number of rotatable bonds is 3. The highest BCUT2D eigenvalue weighted by Crippen LogP contribution is 2.48. The third-order valence-electron chi connectivity index (χ3n) is 6.14. The summed E-state index contributed by atoms with van der Waals surface area (Å²) in [4.78, 5) is 14.3. The first-order valence-electron chi connectivity index (χ1n) is 9.34. The van der Waals surface area contributed by atoms with Gasteiger partial charge in [-0.2, -0.15) is 5.26 Å². The monoisotopic (exact) mass is 394 g/mol. The van der Waals surface area contributed by atoms with Crippen LogP contribution in [0.4, 0.5) is 8.78 Å². The molecule has 4 rings (SSSR count). The van der Waals surface area contributed by atoms with E-state index in [-0.39, 0.29) is 11.5 Å². The molecule has 2 atom stereocenters. The average molecular weight is 394 g/mol. The maximum atomic E-state index is 14.7. The summed E-state index contributed by atoms with van der Waals surface area (Å²) >= 11 is 0. The van der Waals surface area contributed by atoms with Crippen molar-refractivity contribution in [1.29, 1.82) is 10.7 Å². The summed E-state index contributed by atoms with van der Waals surface area (Å²) in [5, 5.41) is 20.4. The molecule has 2 fully saturated rings. The second-order valence-electron chi connectivity index (χ2n) is 7.92. The molecule has 1 amide bonds. The molecule has 0 aromatic heterocycles. The van der Waals surface area contributed by atoms with Crippen LogP contribution < -0.4 is 5.32 Å². The number of nitrogens with one attached hydrogen (secondary N) is 2. The highest BCUT2D eigenvalue weighted by atomic mass is 19.2. The maximum absolute atomic E-state index is 14.7. The van der Waals surface area contributed by atoms with Crippen LogP contribution in [0.15, 0.2) is 42.5 Å². The lowest BCUT2D eigenvalue weighted by Gasteiger charge is -2.46. The third-order valence-corrected chi connectivity index (χ3v) is 6.14. The lowest BCUT2D eigenvalue weighted by molar-refractivity contribution is -0.131. The molecule has 0 spiro atoms. The Bertz CT molecular complexity index is 1060. The Kier molecular flexibility index (Phi) is 4.19. The molecule has 1 saturated heterocycles. The minimum absolute atomic E-state index is 0.0199. The van der Waals surface area contributed by atoms with Crippen LogP contribution in [0.5, 0.6) is 0 Å². The van der Waals surface area contributed by atoms with E-state index < -0.39 is 34.4 Å². The molecule has 5 nitrogen and oxygen atoms in total. The first kappa shape index (κ1) is 19.1. The number of likely N-dealkylation sites (N-methyl/N-ethyl adjacent to an activating group) is 1. The number of nitrogens with zero attached hydrogens (tertiary/aromatic N) is 2. The molecule has 7 heteroatoms. The molecule has 2 aromatic rings. The topological polar surface area (TPSA) is 80.0 Å². The van der Waals surface area contributed by atoms with Gasteiger partial charge in [-0.05, 0) is 37.0 Å². The van der Waals surface area contributed by atoms with Gasteiger partial charge in [0.05, 0.1) is 22.9 Å².